The minimum absolute atomic E-state index is 0.131. The van der Waals surface area contributed by atoms with Gasteiger partial charge in [0.25, 0.3) is 0 Å². The molecule has 0 radical (unpaired) electrons. The van der Waals surface area contributed by atoms with Crippen molar-refractivity contribution in [2.75, 3.05) is 23.7 Å². The van der Waals surface area contributed by atoms with Crippen molar-refractivity contribution in [2.45, 2.75) is 25.5 Å². The van der Waals surface area contributed by atoms with E-state index in [0.717, 1.165) is 18.7 Å². The van der Waals surface area contributed by atoms with Gasteiger partial charge in [-0.15, -0.1) is 0 Å². The molecule has 1 aromatic rings. The lowest BCUT2D eigenvalue weighted by Gasteiger charge is -2.39. The van der Waals surface area contributed by atoms with Gasteiger partial charge in [-0.3, -0.25) is 4.79 Å². The van der Waals surface area contributed by atoms with E-state index in [2.05, 4.69) is 30.9 Å². The minimum atomic E-state index is 0.131. The van der Waals surface area contributed by atoms with Crippen LogP contribution in [0.1, 0.15) is 31.1 Å². The van der Waals surface area contributed by atoms with Crippen LogP contribution in [0.25, 0.3) is 0 Å². The molecule has 1 aliphatic rings. The molecular formula is C14H19NOS. The minimum Gasteiger partial charge on any atom is -0.369 e. The number of hydrogen-bond donors (Lipinski definition) is 0. The average Bonchev–Trinajstić information content (AvgIpc) is 2.28. The molecule has 0 aromatic heterocycles. The molecule has 1 heterocycles. The third-order valence-electron chi connectivity index (χ3n) is 3.06. The molecule has 92 valence electrons. The molecule has 0 amide bonds. The van der Waals surface area contributed by atoms with Crippen molar-refractivity contribution in [3.63, 3.8) is 0 Å². The largest absolute Gasteiger partial charge is 0.369 e. The topological polar surface area (TPSA) is 20.3 Å². The molecule has 3 heteroatoms. The van der Waals surface area contributed by atoms with Crippen LogP contribution in [-0.4, -0.2) is 29.4 Å². The Kier molecular flexibility index (Phi) is 3.48. The summed E-state index contributed by atoms with van der Waals surface area (Å²) in [6.07, 6.45) is 0. The summed E-state index contributed by atoms with van der Waals surface area (Å²) in [5, 5.41) is 0. The van der Waals surface area contributed by atoms with Crippen molar-refractivity contribution >= 4 is 23.2 Å². The van der Waals surface area contributed by atoms with Gasteiger partial charge in [0.1, 0.15) is 0 Å². The molecule has 0 N–H and O–H groups in total. The maximum Gasteiger partial charge on any atom is 0.159 e. The van der Waals surface area contributed by atoms with E-state index in [1.54, 1.807) is 6.92 Å². The van der Waals surface area contributed by atoms with Crippen LogP contribution < -0.4 is 4.90 Å². The number of anilines is 1. The van der Waals surface area contributed by atoms with Crippen molar-refractivity contribution in [3.05, 3.63) is 29.8 Å². The highest BCUT2D eigenvalue weighted by atomic mass is 32.2. The summed E-state index contributed by atoms with van der Waals surface area (Å²) in [5.74, 6) is 1.30. The van der Waals surface area contributed by atoms with E-state index >= 15 is 0 Å². The molecule has 0 saturated carbocycles. The predicted molar refractivity (Wildman–Crippen MR) is 75.2 cm³/mol. The molecule has 17 heavy (non-hydrogen) atoms. The van der Waals surface area contributed by atoms with Crippen molar-refractivity contribution in [2.24, 2.45) is 0 Å². The third-order valence-corrected chi connectivity index (χ3v) is 4.36. The summed E-state index contributed by atoms with van der Waals surface area (Å²) >= 11 is 2.03. The van der Waals surface area contributed by atoms with Gasteiger partial charge in [0.2, 0.25) is 0 Å². The zero-order valence-electron chi connectivity index (χ0n) is 10.7. The fourth-order valence-corrected chi connectivity index (χ4v) is 3.26. The molecule has 1 aromatic carbocycles. The van der Waals surface area contributed by atoms with Crippen LogP contribution in [0.4, 0.5) is 5.69 Å². The highest BCUT2D eigenvalue weighted by molar-refractivity contribution is 8.00. The van der Waals surface area contributed by atoms with Gasteiger partial charge in [-0.05, 0) is 45.0 Å². The van der Waals surface area contributed by atoms with Crippen molar-refractivity contribution in [1.29, 1.82) is 0 Å². The van der Waals surface area contributed by atoms with E-state index in [4.69, 9.17) is 0 Å². The Morgan fingerprint density at radius 1 is 1.29 bits per heavy atom. The molecule has 0 atom stereocenters. The van der Waals surface area contributed by atoms with Gasteiger partial charge >= 0.3 is 0 Å². The number of ketones is 1. The van der Waals surface area contributed by atoms with E-state index in [-0.39, 0.29) is 5.78 Å². The van der Waals surface area contributed by atoms with Crippen LogP contribution in [0.15, 0.2) is 24.3 Å². The number of Topliss-reactive ketones (excluding diaryl/α,β-unsaturated/α-hetero) is 1. The maximum absolute atomic E-state index is 11.2. The Hall–Kier alpha value is -0.960. The van der Waals surface area contributed by atoms with Crippen molar-refractivity contribution in [1.82, 2.24) is 0 Å². The van der Waals surface area contributed by atoms with Crippen molar-refractivity contribution in [3.8, 4) is 0 Å². The van der Waals surface area contributed by atoms with Gasteiger partial charge in [0.15, 0.2) is 5.78 Å². The maximum atomic E-state index is 11.2. The first kappa shape index (κ1) is 12.5. The number of rotatable bonds is 2. The van der Waals surface area contributed by atoms with Gasteiger partial charge in [-0.1, -0.05) is 0 Å². The summed E-state index contributed by atoms with van der Waals surface area (Å²) in [6, 6.07) is 7.96. The lowest BCUT2D eigenvalue weighted by atomic mass is 10.1. The van der Waals surface area contributed by atoms with Crippen LogP contribution in [0.3, 0.4) is 0 Å². The number of benzene rings is 1. The van der Waals surface area contributed by atoms with E-state index in [0.29, 0.717) is 4.75 Å². The second-order valence-corrected chi connectivity index (χ2v) is 6.93. The summed E-state index contributed by atoms with van der Waals surface area (Å²) in [6.45, 7) is 8.34. The van der Waals surface area contributed by atoms with Gasteiger partial charge in [-0.2, -0.15) is 11.8 Å². The lowest BCUT2D eigenvalue weighted by molar-refractivity contribution is 0.101. The van der Waals surface area contributed by atoms with Gasteiger partial charge in [0.05, 0.1) is 0 Å². The number of carbonyl (C=O) groups excluding carboxylic acids is 1. The van der Waals surface area contributed by atoms with Gasteiger partial charge in [-0.25, -0.2) is 0 Å². The van der Waals surface area contributed by atoms with Crippen LogP contribution in [0.5, 0.6) is 0 Å². The van der Waals surface area contributed by atoms with E-state index < -0.39 is 0 Å². The van der Waals surface area contributed by atoms with E-state index in [1.165, 1.54) is 11.4 Å². The zero-order chi connectivity index (χ0) is 12.5. The lowest BCUT2D eigenvalue weighted by Crippen LogP contribution is -2.43. The Labute approximate surface area is 107 Å². The summed E-state index contributed by atoms with van der Waals surface area (Å²) in [5.41, 5.74) is 2.02. The van der Waals surface area contributed by atoms with E-state index in [9.17, 15) is 4.79 Å². The third kappa shape index (κ3) is 3.03. The SMILES string of the molecule is CC(=O)c1ccc(N2CCSC(C)(C)C2)cc1. The van der Waals surface area contributed by atoms with E-state index in [1.807, 2.05) is 23.9 Å². The number of nitrogens with zero attached hydrogens (tertiary/aromatic N) is 1. The fraction of sp³-hybridized carbons (Fsp3) is 0.500. The first-order chi connectivity index (χ1) is 7.98. The molecule has 2 nitrogen and oxygen atoms in total. The van der Waals surface area contributed by atoms with Crippen LogP contribution in [-0.2, 0) is 0 Å². The van der Waals surface area contributed by atoms with Crippen LogP contribution in [0.2, 0.25) is 0 Å². The summed E-state index contributed by atoms with van der Waals surface area (Å²) < 4.78 is 0.317. The second kappa shape index (κ2) is 4.73. The number of hydrogen-bond acceptors (Lipinski definition) is 3. The zero-order valence-corrected chi connectivity index (χ0v) is 11.5. The molecule has 0 spiro atoms. The first-order valence-electron chi connectivity index (χ1n) is 5.98. The van der Waals surface area contributed by atoms with Crippen LogP contribution >= 0.6 is 11.8 Å². The standard InChI is InChI=1S/C14H19NOS/c1-11(16)12-4-6-13(7-5-12)15-8-9-17-14(2,3)10-15/h4-7H,8-10H2,1-3H3. The quantitative estimate of drug-likeness (QED) is 0.751. The van der Waals surface area contributed by atoms with Gasteiger partial charge < -0.3 is 4.90 Å². The molecular weight excluding hydrogens is 230 g/mol. The molecule has 0 unspecified atom stereocenters. The monoisotopic (exact) mass is 249 g/mol. The molecule has 1 fully saturated rings. The molecule has 0 bridgehead atoms. The first-order valence-corrected chi connectivity index (χ1v) is 6.96. The Bertz CT molecular complexity index is 411. The Morgan fingerprint density at radius 3 is 2.47 bits per heavy atom. The second-order valence-electron chi connectivity index (χ2n) is 5.13. The average molecular weight is 249 g/mol. The Morgan fingerprint density at radius 2 is 1.94 bits per heavy atom. The summed E-state index contributed by atoms with van der Waals surface area (Å²) in [4.78, 5) is 13.6. The highest BCUT2D eigenvalue weighted by Crippen LogP contribution is 2.32. The summed E-state index contributed by atoms with van der Waals surface area (Å²) in [7, 11) is 0. The molecule has 1 saturated heterocycles. The Balaban J connectivity index is 2.14. The highest BCUT2D eigenvalue weighted by Gasteiger charge is 2.26. The molecule has 0 aliphatic carbocycles. The van der Waals surface area contributed by atoms with Crippen molar-refractivity contribution < 1.29 is 4.79 Å². The number of carbonyl (C=O) groups is 1. The number of thioether (sulfide) groups is 1. The smallest absolute Gasteiger partial charge is 0.159 e. The van der Waals surface area contributed by atoms with Crippen LogP contribution in [0, 0.1) is 0 Å². The fourth-order valence-electron chi connectivity index (χ4n) is 2.14. The van der Waals surface area contributed by atoms with Gasteiger partial charge in [0, 0.05) is 34.8 Å². The predicted octanol–water partition coefficient (Wildman–Crippen LogP) is 3.22. The normalized spacial score (nSPS) is 19.1. The molecule has 2 rings (SSSR count). The molecule has 1 aliphatic heterocycles.